The minimum atomic E-state index is 0.403. The largest absolute Gasteiger partial charge is 0.297 e. The third kappa shape index (κ3) is 2.80. The number of nitrogens with two attached hydrogens (primary N) is 1. The van der Waals surface area contributed by atoms with Crippen LogP contribution in [0.25, 0.3) is 11.0 Å². The van der Waals surface area contributed by atoms with E-state index in [4.69, 9.17) is 4.79 Å². The second-order valence-corrected chi connectivity index (χ2v) is 2.33. The van der Waals surface area contributed by atoms with Gasteiger partial charge in [0.15, 0.2) is 0 Å². The maximum absolute atomic E-state index is 8.94. The molecule has 0 fully saturated rings. The first-order valence-electron chi connectivity index (χ1n) is 3.94. The first-order chi connectivity index (χ1) is 6.88. The lowest BCUT2D eigenvalue weighted by atomic mass is 10.3. The Morgan fingerprint density at radius 3 is 1.93 bits per heavy atom. The van der Waals surface area contributed by atoms with Crippen LogP contribution in [0.4, 0.5) is 0 Å². The van der Waals surface area contributed by atoms with Crippen molar-refractivity contribution in [1.29, 1.82) is 0 Å². The van der Waals surface area contributed by atoms with Crippen molar-refractivity contribution in [2.24, 2.45) is 5.84 Å². The molecule has 0 unspecified atom stereocenters. The number of benzene rings is 1. The Hall–Kier alpha value is -2.01. The molecule has 0 aliphatic rings. The van der Waals surface area contributed by atoms with Gasteiger partial charge in [0.1, 0.15) is 0 Å². The van der Waals surface area contributed by atoms with Crippen molar-refractivity contribution in [2.45, 2.75) is 0 Å². The number of amides is 1. The van der Waals surface area contributed by atoms with Gasteiger partial charge in [0.2, 0.25) is 6.41 Å². The summed E-state index contributed by atoms with van der Waals surface area (Å²) in [6.45, 7) is 0. The molecule has 0 radical (unpaired) electrons. The Morgan fingerprint density at radius 2 is 1.57 bits per heavy atom. The number of aromatic nitrogens is 2. The Balaban J connectivity index is 0.000000213. The second kappa shape index (κ2) is 5.60. The van der Waals surface area contributed by atoms with Gasteiger partial charge in [0.05, 0.1) is 11.0 Å². The molecule has 1 aromatic carbocycles. The Bertz CT molecular complexity index is 339. The number of fused-ring (bicyclic) bond motifs is 1. The van der Waals surface area contributed by atoms with Gasteiger partial charge in [-0.3, -0.25) is 20.2 Å². The minimum absolute atomic E-state index is 0.403. The van der Waals surface area contributed by atoms with Crippen LogP contribution in [0, 0.1) is 0 Å². The van der Waals surface area contributed by atoms with Gasteiger partial charge in [0.25, 0.3) is 0 Å². The fraction of sp³-hybridized carbons (Fsp3) is 0. The van der Waals surface area contributed by atoms with Gasteiger partial charge < -0.3 is 0 Å². The number of carbonyl (C=O) groups is 1. The van der Waals surface area contributed by atoms with Gasteiger partial charge in [-0.05, 0) is 12.1 Å². The van der Waals surface area contributed by atoms with E-state index in [0.29, 0.717) is 6.41 Å². The van der Waals surface area contributed by atoms with Crippen LogP contribution in [0.2, 0.25) is 0 Å². The summed E-state index contributed by atoms with van der Waals surface area (Å²) in [6.07, 6.45) is 3.80. The van der Waals surface area contributed by atoms with Crippen molar-refractivity contribution in [1.82, 2.24) is 15.4 Å². The normalized spacial score (nSPS) is 8.64. The minimum Gasteiger partial charge on any atom is -0.297 e. The summed E-state index contributed by atoms with van der Waals surface area (Å²) >= 11 is 0. The predicted octanol–water partition coefficient (Wildman–Crippen LogP) is 0.236. The highest BCUT2D eigenvalue weighted by molar-refractivity contribution is 5.72. The second-order valence-electron chi connectivity index (χ2n) is 2.33. The first-order valence-corrected chi connectivity index (χ1v) is 3.94. The van der Waals surface area contributed by atoms with Crippen molar-refractivity contribution in [3.63, 3.8) is 0 Å². The Labute approximate surface area is 80.9 Å². The number of rotatable bonds is 1. The molecule has 72 valence electrons. The molecule has 0 atom stereocenters. The van der Waals surface area contributed by atoms with Crippen molar-refractivity contribution in [3.05, 3.63) is 36.7 Å². The summed E-state index contributed by atoms with van der Waals surface area (Å²) in [5.41, 5.74) is 3.65. The molecule has 0 bridgehead atoms. The SMILES string of the molecule is NNC=O.c1ccc2nccnc2c1. The van der Waals surface area contributed by atoms with Crippen molar-refractivity contribution >= 4 is 17.4 Å². The van der Waals surface area contributed by atoms with Crippen LogP contribution in [0.5, 0.6) is 0 Å². The number of nitrogens with zero attached hydrogens (tertiary/aromatic N) is 2. The van der Waals surface area contributed by atoms with E-state index in [-0.39, 0.29) is 0 Å². The summed E-state index contributed by atoms with van der Waals surface area (Å²) in [5, 5.41) is 0. The molecule has 14 heavy (non-hydrogen) atoms. The molecule has 1 aromatic heterocycles. The summed E-state index contributed by atoms with van der Waals surface area (Å²) < 4.78 is 0. The molecule has 0 spiro atoms. The Kier molecular flexibility index (Phi) is 4.03. The summed E-state index contributed by atoms with van der Waals surface area (Å²) in [7, 11) is 0. The lowest BCUT2D eigenvalue weighted by Crippen LogP contribution is -2.18. The molecule has 1 heterocycles. The molecule has 1 amide bonds. The highest BCUT2D eigenvalue weighted by Gasteiger charge is 1.88. The van der Waals surface area contributed by atoms with E-state index in [1.807, 2.05) is 24.3 Å². The number of hydrogen-bond acceptors (Lipinski definition) is 4. The van der Waals surface area contributed by atoms with E-state index in [9.17, 15) is 0 Å². The summed E-state index contributed by atoms with van der Waals surface area (Å²) in [5.74, 6) is 4.41. The van der Waals surface area contributed by atoms with Crippen LogP contribution in [0.1, 0.15) is 0 Å². The van der Waals surface area contributed by atoms with E-state index >= 15 is 0 Å². The highest BCUT2D eigenvalue weighted by atomic mass is 16.1. The smallest absolute Gasteiger partial charge is 0.221 e. The highest BCUT2D eigenvalue weighted by Crippen LogP contribution is 2.04. The molecule has 5 nitrogen and oxygen atoms in total. The van der Waals surface area contributed by atoms with Crippen LogP contribution in [-0.2, 0) is 4.79 Å². The van der Waals surface area contributed by atoms with Crippen LogP contribution < -0.4 is 11.3 Å². The molecular formula is C9H10N4O. The number of hydrazine groups is 1. The zero-order chi connectivity index (χ0) is 10.2. The first kappa shape index (κ1) is 10.1. The van der Waals surface area contributed by atoms with E-state index < -0.39 is 0 Å². The lowest BCUT2D eigenvalue weighted by Gasteiger charge is -1.90. The van der Waals surface area contributed by atoms with Gasteiger partial charge in [-0.25, -0.2) is 5.84 Å². The zero-order valence-electron chi connectivity index (χ0n) is 7.42. The molecule has 0 aliphatic heterocycles. The van der Waals surface area contributed by atoms with Crippen molar-refractivity contribution in [2.75, 3.05) is 0 Å². The summed E-state index contributed by atoms with van der Waals surface area (Å²) in [4.78, 5) is 17.2. The van der Waals surface area contributed by atoms with Gasteiger partial charge in [-0.15, -0.1) is 0 Å². The van der Waals surface area contributed by atoms with Crippen LogP contribution >= 0.6 is 0 Å². The van der Waals surface area contributed by atoms with Crippen molar-refractivity contribution in [3.8, 4) is 0 Å². The quantitative estimate of drug-likeness (QED) is 0.292. The van der Waals surface area contributed by atoms with Gasteiger partial charge in [-0.1, -0.05) is 12.1 Å². The number of para-hydroxylation sites is 2. The molecule has 2 aromatic rings. The fourth-order valence-corrected chi connectivity index (χ4v) is 0.910. The number of hydrogen-bond donors (Lipinski definition) is 2. The summed E-state index contributed by atoms with van der Waals surface area (Å²) in [6, 6.07) is 7.80. The molecule has 2 rings (SSSR count). The average Bonchev–Trinajstić information content (AvgIpc) is 2.30. The standard InChI is InChI=1S/C8H6N2.CH4N2O/c1-2-4-8-7(3-1)9-5-6-10-8;2-3-1-4/h1-6H;1H,2H2,(H,3,4). The predicted molar refractivity (Wildman–Crippen MR) is 52.9 cm³/mol. The number of nitrogens with one attached hydrogen (secondary N) is 1. The third-order valence-corrected chi connectivity index (χ3v) is 1.44. The zero-order valence-corrected chi connectivity index (χ0v) is 7.42. The van der Waals surface area contributed by atoms with Gasteiger partial charge in [0, 0.05) is 12.4 Å². The van der Waals surface area contributed by atoms with E-state index in [1.54, 1.807) is 17.8 Å². The van der Waals surface area contributed by atoms with E-state index in [2.05, 4.69) is 15.8 Å². The fourth-order valence-electron chi connectivity index (χ4n) is 0.910. The molecule has 5 heteroatoms. The van der Waals surface area contributed by atoms with Crippen LogP contribution in [-0.4, -0.2) is 16.4 Å². The Morgan fingerprint density at radius 1 is 1.14 bits per heavy atom. The van der Waals surface area contributed by atoms with Crippen molar-refractivity contribution < 1.29 is 4.79 Å². The monoisotopic (exact) mass is 190 g/mol. The third-order valence-electron chi connectivity index (χ3n) is 1.44. The molecule has 3 N–H and O–H groups in total. The van der Waals surface area contributed by atoms with E-state index in [1.165, 1.54) is 0 Å². The molecular weight excluding hydrogens is 180 g/mol. The molecule has 0 aliphatic carbocycles. The maximum atomic E-state index is 8.94. The van der Waals surface area contributed by atoms with Gasteiger partial charge in [-0.2, -0.15) is 0 Å². The lowest BCUT2D eigenvalue weighted by molar-refractivity contribution is -0.109. The molecule has 0 saturated heterocycles. The van der Waals surface area contributed by atoms with E-state index in [0.717, 1.165) is 11.0 Å². The average molecular weight is 190 g/mol. The maximum Gasteiger partial charge on any atom is 0.221 e. The van der Waals surface area contributed by atoms with Crippen LogP contribution in [0.3, 0.4) is 0 Å². The number of carbonyl (C=O) groups excluding carboxylic acids is 1. The molecule has 0 saturated carbocycles. The van der Waals surface area contributed by atoms with Crippen LogP contribution in [0.15, 0.2) is 36.7 Å². The van der Waals surface area contributed by atoms with Gasteiger partial charge >= 0.3 is 0 Å². The topological polar surface area (TPSA) is 80.9 Å².